The van der Waals surface area contributed by atoms with Crippen LogP contribution in [0.2, 0.25) is 10.0 Å². The Kier molecular flexibility index (Phi) is 5.85. The summed E-state index contributed by atoms with van der Waals surface area (Å²) in [7, 11) is 0. The standard InChI is InChI=1S/C15H17Cl2N3O3/c1-9(6-10-2-3-11(16)7-12(10)17)14(22)18-4-5-20-13(21)8-19-15(20)23/h2-3,7,9H,4-6,8H2,1H3,(H,18,22)(H,19,23). The molecule has 0 radical (unpaired) electrons. The predicted octanol–water partition coefficient (Wildman–Crippen LogP) is 1.84. The number of carbonyl (C=O) groups excluding carboxylic acids is 3. The summed E-state index contributed by atoms with van der Waals surface area (Å²) in [4.78, 5) is 35.9. The van der Waals surface area contributed by atoms with Gasteiger partial charge < -0.3 is 10.6 Å². The first-order chi connectivity index (χ1) is 10.9. The van der Waals surface area contributed by atoms with Crippen molar-refractivity contribution in [3.63, 3.8) is 0 Å². The summed E-state index contributed by atoms with van der Waals surface area (Å²) >= 11 is 11.9. The van der Waals surface area contributed by atoms with E-state index in [1.54, 1.807) is 25.1 Å². The Morgan fingerprint density at radius 1 is 1.39 bits per heavy atom. The number of rotatable bonds is 6. The van der Waals surface area contributed by atoms with Crippen LogP contribution in [0.4, 0.5) is 4.79 Å². The summed E-state index contributed by atoms with van der Waals surface area (Å²) in [6.07, 6.45) is 0.477. The third-order valence-corrected chi connectivity index (χ3v) is 4.15. The lowest BCUT2D eigenvalue weighted by atomic mass is 10.0. The van der Waals surface area contributed by atoms with E-state index < -0.39 is 6.03 Å². The molecule has 8 heteroatoms. The van der Waals surface area contributed by atoms with Crippen LogP contribution in [-0.4, -0.2) is 42.4 Å². The zero-order chi connectivity index (χ0) is 17.0. The monoisotopic (exact) mass is 357 g/mol. The van der Waals surface area contributed by atoms with Gasteiger partial charge in [-0.3, -0.25) is 14.5 Å². The van der Waals surface area contributed by atoms with Crippen molar-refractivity contribution in [1.29, 1.82) is 0 Å². The Labute approximate surface area is 144 Å². The maximum absolute atomic E-state index is 12.1. The number of nitrogens with zero attached hydrogens (tertiary/aromatic N) is 1. The van der Waals surface area contributed by atoms with E-state index in [1.807, 2.05) is 0 Å². The third kappa shape index (κ3) is 4.59. The van der Waals surface area contributed by atoms with Crippen molar-refractivity contribution in [2.75, 3.05) is 19.6 Å². The average Bonchev–Trinajstić information content (AvgIpc) is 2.81. The summed E-state index contributed by atoms with van der Waals surface area (Å²) < 4.78 is 0. The second-order valence-corrected chi connectivity index (χ2v) is 6.18. The van der Waals surface area contributed by atoms with Gasteiger partial charge in [0.05, 0.1) is 6.54 Å². The van der Waals surface area contributed by atoms with Crippen molar-refractivity contribution in [3.05, 3.63) is 33.8 Å². The molecule has 124 valence electrons. The number of urea groups is 1. The van der Waals surface area contributed by atoms with Crippen LogP contribution in [0.25, 0.3) is 0 Å². The topological polar surface area (TPSA) is 78.5 Å². The molecule has 0 spiro atoms. The lowest BCUT2D eigenvalue weighted by Gasteiger charge is -2.16. The molecule has 1 fully saturated rings. The molecule has 1 aliphatic heterocycles. The Hall–Kier alpha value is -1.79. The highest BCUT2D eigenvalue weighted by Crippen LogP contribution is 2.23. The lowest BCUT2D eigenvalue weighted by molar-refractivity contribution is -0.127. The number of benzene rings is 1. The molecule has 0 aromatic heterocycles. The highest BCUT2D eigenvalue weighted by molar-refractivity contribution is 6.35. The molecule has 1 aromatic carbocycles. The second kappa shape index (κ2) is 7.66. The van der Waals surface area contributed by atoms with Crippen molar-refractivity contribution in [1.82, 2.24) is 15.5 Å². The first-order valence-corrected chi connectivity index (χ1v) is 7.94. The van der Waals surface area contributed by atoms with Crippen molar-refractivity contribution >= 4 is 41.0 Å². The maximum atomic E-state index is 12.1. The van der Waals surface area contributed by atoms with Gasteiger partial charge >= 0.3 is 6.03 Å². The van der Waals surface area contributed by atoms with Gasteiger partial charge in [0.15, 0.2) is 0 Å². The van der Waals surface area contributed by atoms with E-state index in [2.05, 4.69) is 10.6 Å². The third-order valence-electron chi connectivity index (χ3n) is 3.56. The second-order valence-electron chi connectivity index (χ2n) is 5.34. The molecule has 2 rings (SSSR count). The van der Waals surface area contributed by atoms with Gasteiger partial charge in [0, 0.05) is 29.1 Å². The predicted molar refractivity (Wildman–Crippen MR) is 87.5 cm³/mol. The van der Waals surface area contributed by atoms with Gasteiger partial charge in [-0.05, 0) is 24.1 Å². The smallest absolute Gasteiger partial charge is 0.324 e. The normalized spacial score (nSPS) is 15.5. The SMILES string of the molecule is CC(Cc1ccc(Cl)cc1Cl)C(=O)NCCN1C(=O)CNC1=O. The Bertz CT molecular complexity index is 620. The van der Waals surface area contributed by atoms with E-state index in [9.17, 15) is 14.4 Å². The number of hydrogen-bond acceptors (Lipinski definition) is 3. The first-order valence-electron chi connectivity index (χ1n) is 7.18. The van der Waals surface area contributed by atoms with Crippen LogP contribution in [0.3, 0.4) is 0 Å². The molecule has 23 heavy (non-hydrogen) atoms. The molecule has 1 aliphatic rings. The molecule has 0 saturated carbocycles. The van der Waals surface area contributed by atoms with Gasteiger partial charge in [0.2, 0.25) is 11.8 Å². The van der Waals surface area contributed by atoms with Crippen LogP contribution < -0.4 is 10.6 Å². The lowest BCUT2D eigenvalue weighted by Crippen LogP contribution is -2.40. The van der Waals surface area contributed by atoms with Crippen molar-refractivity contribution in [2.24, 2.45) is 5.92 Å². The Morgan fingerprint density at radius 2 is 2.13 bits per heavy atom. The van der Waals surface area contributed by atoms with Gasteiger partial charge in [-0.2, -0.15) is 0 Å². The summed E-state index contributed by atoms with van der Waals surface area (Å²) in [5.74, 6) is -0.745. The molecule has 6 nitrogen and oxygen atoms in total. The number of carbonyl (C=O) groups is 3. The summed E-state index contributed by atoms with van der Waals surface area (Å²) in [6, 6.07) is 4.73. The van der Waals surface area contributed by atoms with Crippen molar-refractivity contribution in [3.8, 4) is 0 Å². The van der Waals surface area contributed by atoms with Gasteiger partial charge in [-0.15, -0.1) is 0 Å². The largest absolute Gasteiger partial charge is 0.354 e. The molecule has 1 saturated heterocycles. The van der Waals surface area contributed by atoms with Crippen LogP contribution in [0, 0.1) is 5.92 Å². The number of amides is 4. The average molecular weight is 358 g/mol. The molecule has 1 heterocycles. The quantitative estimate of drug-likeness (QED) is 0.762. The van der Waals surface area contributed by atoms with Gasteiger partial charge in [0.25, 0.3) is 0 Å². The highest BCUT2D eigenvalue weighted by atomic mass is 35.5. The van der Waals surface area contributed by atoms with Crippen LogP contribution in [-0.2, 0) is 16.0 Å². The van der Waals surface area contributed by atoms with E-state index in [0.29, 0.717) is 16.5 Å². The molecule has 1 unspecified atom stereocenters. The van der Waals surface area contributed by atoms with Crippen molar-refractivity contribution in [2.45, 2.75) is 13.3 Å². The Balaban J connectivity index is 1.81. The zero-order valence-electron chi connectivity index (χ0n) is 12.6. The Morgan fingerprint density at radius 3 is 2.74 bits per heavy atom. The number of hydrogen-bond donors (Lipinski definition) is 2. The van der Waals surface area contributed by atoms with Crippen molar-refractivity contribution < 1.29 is 14.4 Å². The van der Waals surface area contributed by atoms with Crippen LogP contribution in [0.1, 0.15) is 12.5 Å². The van der Waals surface area contributed by atoms with E-state index in [-0.39, 0.29) is 37.4 Å². The van der Waals surface area contributed by atoms with Crippen LogP contribution in [0.15, 0.2) is 18.2 Å². The molecule has 1 aromatic rings. The van der Waals surface area contributed by atoms with E-state index in [1.165, 1.54) is 0 Å². The first kappa shape index (κ1) is 17.6. The van der Waals surface area contributed by atoms with E-state index >= 15 is 0 Å². The molecular formula is C15H17Cl2N3O3. The summed E-state index contributed by atoms with van der Waals surface area (Å²) in [6.45, 7) is 2.17. The summed E-state index contributed by atoms with van der Waals surface area (Å²) in [5.41, 5.74) is 0.841. The fraction of sp³-hybridized carbons (Fsp3) is 0.400. The minimum absolute atomic E-state index is 0.0122. The van der Waals surface area contributed by atoms with Crippen LogP contribution in [0.5, 0.6) is 0 Å². The van der Waals surface area contributed by atoms with Crippen LogP contribution >= 0.6 is 23.2 Å². The number of nitrogens with one attached hydrogen (secondary N) is 2. The molecule has 1 atom stereocenters. The molecule has 2 N–H and O–H groups in total. The fourth-order valence-corrected chi connectivity index (χ4v) is 2.74. The minimum Gasteiger partial charge on any atom is -0.354 e. The molecule has 0 bridgehead atoms. The van der Waals surface area contributed by atoms with E-state index in [4.69, 9.17) is 23.2 Å². The van der Waals surface area contributed by atoms with Gasteiger partial charge in [-0.25, -0.2) is 4.79 Å². The van der Waals surface area contributed by atoms with Gasteiger partial charge in [-0.1, -0.05) is 36.2 Å². The van der Waals surface area contributed by atoms with Gasteiger partial charge in [0.1, 0.15) is 0 Å². The number of halogens is 2. The maximum Gasteiger partial charge on any atom is 0.324 e. The molecular weight excluding hydrogens is 341 g/mol. The molecule has 0 aliphatic carbocycles. The number of imide groups is 1. The zero-order valence-corrected chi connectivity index (χ0v) is 14.1. The summed E-state index contributed by atoms with van der Waals surface area (Å²) in [5, 5.41) is 6.21. The molecule has 4 amide bonds. The highest BCUT2D eigenvalue weighted by Gasteiger charge is 2.28. The van der Waals surface area contributed by atoms with E-state index in [0.717, 1.165) is 10.5 Å². The minimum atomic E-state index is -0.426. The fourth-order valence-electron chi connectivity index (χ4n) is 2.26.